The number of anilines is 1. The van der Waals surface area contributed by atoms with Gasteiger partial charge in [0.15, 0.2) is 0 Å². The molecule has 1 saturated carbocycles. The van der Waals surface area contributed by atoms with Gasteiger partial charge in [0.05, 0.1) is 6.33 Å². The minimum atomic E-state index is -0.0936. The van der Waals surface area contributed by atoms with Gasteiger partial charge in [-0.3, -0.25) is 4.79 Å². The van der Waals surface area contributed by atoms with Gasteiger partial charge in [-0.2, -0.15) is 0 Å². The molecule has 0 aromatic carbocycles. The Hall–Kier alpha value is -0.630. The van der Waals surface area contributed by atoms with Crippen molar-refractivity contribution in [3.8, 4) is 0 Å². The van der Waals surface area contributed by atoms with Gasteiger partial charge < -0.3 is 15.0 Å². The molecule has 5 nitrogen and oxygen atoms in total. The van der Waals surface area contributed by atoms with Gasteiger partial charge in [-0.15, -0.1) is 0 Å². The topological polar surface area (TPSA) is 69.2 Å². The molecular weight excluding hydrogens is 333 g/mol. The Balaban J connectivity index is 2.24. The Kier molecular flexibility index (Phi) is 4.38. The second kappa shape index (κ2) is 5.81. The lowest BCUT2D eigenvalue weighted by Crippen LogP contribution is -2.42. The summed E-state index contributed by atoms with van der Waals surface area (Å²) in [6.07, 6.45) is 5.69. The van der Waals surface area contributed by atoms with Crippen LogP contribution >= 0.6 is 22.6 Å². The molecule has 1 heterocycles. The summed E-state index contributed by atoms with van der Waals surface area (Å²) in [6, 6.07) is 0.476. The minimum Gasteiger partial charge on any atom is -0.396 e. The average Bonchev–Trinajstić information content (AvgIpc) is 2.26. The third kappa shape index (κ3) is 2.79. The van der Waals surface area contributed by atoms with Crippen LogP contribution < -0.4 is 10.5 Å². The molecule has 94 valence electrons. The van der Waals surface area contributed by atoms with Crippen LogP contribution in [-0.4, -0.2) is 34.3 Å². The van der Waals surface area contributed by atoms with Crippen molar-refractivity contribution in [2.24, 2.45) is 0 Å². The lowest BCUT2D eigenvalue weighted by molar-refractivity contribution is 0.282. The Bertz CT molecular complexity index is 431. The quantitative estimate of drug-likeness (QED) is 0.782. The zero-order chi connectivity index (χ0) is 12.3. The van der Waals surface area contributed by atoms with Crippen LogP contribution in [0, 0.1) is 3.57 Å². The predicted molar refractivity (Wildman–Crippen MR) is 74.3 cm³/mol. The second-order valence-electron chi connectivity index (χ2n) is 4.22. The number of nitrogens with zero attached hydrogens (tertiary/aromatic N) is 2. The van der Waals surface area contributed by atoms with Crippen LogP contribution in [0.15, 0.2) is 11.1 Å². The molecule has 0 amide bonds. The van der Waals surface area contributed by atoms with E-state index < -0.39 is 0 Å². The third-order valence-electron chi connectivity index (χ3n) is 3.12. The highest BCUT2D eigenvalue weighted by Crippen LogP contribution is 2.29. The van der Waals surface area contributed by atoms with Gasteiger partial charge in [0.1, 0.15) is 9.39 Å². The highest BCUT2D eigenvalue weighted by Gasteiger charge is 2.27. The number of hydrogen-bond donors (Lipinski definition) is 2. The predicted octanol–water partition coefficient (Wildman–Crippen LogP) is 1.12. The highest BCUT2D eigenvalue weighted by molar-refractivity contribution is 14.1. The average molecular weight is 349 g/mol. The monoisotopic (exact) mass is 349 g/mol. The van der Waals surface area contributed by atoms with Crippen LogP contribution in [0.3, 0.4) is 0 Å². The van der Waals surface area contributed by atoms with Crippen molar-refractivity contribution in [3.63, 3.8) is 0 Å². The molecule has 6 heteroatoms. The summed E-state index contributed by atoms with van der Waals surface area (Å²) in [4.78, 5) is 20.6. The van der Waals surface area contributed by atoms with E-state index in [4.69, 9.17) is 5.11 Å². The molecule has 17 heavy (non-hydrogen) atoms. The zero-order valence-corrected chi connectivity index (χ0v) is 11.7. The lowest BCUT2D eigenvalue weighted by atomic mass is 9.91. The second-order valence-corrected chi connectivity index (χ2v) is 5.30. The summed E-state index contributed by atoms with van der Waals surface area (Å²) < 4.78 is 0.634. The van der Waals surface area contributed by atoms with Gasteiger partial charge in [0.2, 0.25) is 0 Å². The number of aliphatic hydroxyl groups is 1. The van der Waals surface area contributed by atoms with E-state index in [-0.39, 0.29) is 12.2 Å². The SMILES string of the molecule is O=c1[nH]cnc(N(CCCO)C2CCC2)c1I. The van der Waals surface area contributed by atoms with Crippen molar-refractivity contribution in [1.82, 2.24) is 9.97 Å². The summed E-state index contributed by atoms with van der Waals surface area (Å²) in [5.41, 5.74) is -0.0936. The number of halogens is 1. The first kappa shape index (κ1) is 12.8. The fourth-order valence-electron chi connectivity index (χ4n) is 1.97. The molecule has 1 fully saturated rings. The van der Waals surface area contributed by atoms with Crippen LogP contribution in [0.1, 0.15) is 25.7 Å². The molecule has 1 aromatic rings. The molecular formula is C11H16IN3O2. The Morgan fingerprint density at radius 2 is 2.35 bits per heavy atom. The van der Waals surface area contributed by atoms with Gasteiger partial charge in [-0.05, 0) is 48.3 Å². The Morgan fingerprint density at radius 1 is 1.59 bits per heavy atom. The Morgan fingerprint density at radius 3 is 2.94 bits per heavy atom. The standard InChI is InChI=1S/C11H16IN3O2/c12-9-10(13-7-14-11(9)17)15(5-2-6-16)8-3-1-4-8/h7-8,16H,1-6H2,(H,13,14,17). The zero-order valence-electron chi connectivity index (χ0n) is 9.53. The molecule has 2 rings (SSSR count). The van der Waals surface area contributed by atoms with Gasteiger partial charge in [-0.1, -0.05) is 0 Å². The minimum absolute atomic E-state index is 0.0936. The van der Waals surface area contributed by atoms with Gasteiger partial charge in [-0.25, -0.2) is 4.98 Å². The maximum absolute atomic E-state index is 11.6. The van der Waals surface area contributed by atoms with Crippen molar-refractivity contribution in [2.45, 2.75) is 31.7 Å². The smallest absolute Gasteiger partial charge is 0.266 e. The van der Waals surface area contributed by atoms with E-state index >= 15 is 0 Å². The molecule has 1 aromatic heterocycles. The molecule has 0 bridgehead atoms. The van der Waals surface area contributed by atoms with Crippen LogP contribution in [0.5, 0.6) is 0 Å². The van der Waals surface area contributed by atoms with Crippen molar-refractivity contribution < 1.29 is 5.11 Å². The van der Waals surface area contributed by atoms with Crippen LogP contribution in [0.25, 0.3) is 0 Å². The summed E-state index contributed by atoms with van der Waals surface area (Å²) in [6.45, 7) is 0.927. The van der Waals surface area contributed by atoms with Crippen molar-refractivity contribution >= 4 is 28.4 Å². The van der Waals surface area contributed by atoms with Crippen molar-refractivity contribution in [3.05, 3.63) is 20.3 Å². The first-order valence-corrected chi connectivity index (χ1v) is 6.92. The Labute approximate surface area is 113 Å². The number of nitrogens with one attached hydrogen (secondary N) is 1. The molecule has 0 unspecified atom stereocenters. The third-order valence-corrected chi connectivity index (χ3v) is 4.10. The molecule has 0 spiro atoms. The molecule has 0 atom stereocenters. The molecule has 2 N–H and O–H groups in total. The number of aliphatic hydroxyl groups excluding tert-OH is 1. The first-order valence-electron chi connectivity index (χ1n) is 5.84. The van der Waals surface area contributed by atoms with E-state index in [1.807, 2.05) is 22.6 Å². The van der Waals surface area contributed by atoms with Gasteiger partial charge in [0, 0.05) is 19.2 Å². The van der Waals surface area contributed by atoms with Crippen LogP contribution in [0.4, 0.5) is 5.82 Å². The molecule has 0 radical (unpaired) electrons. The molecule has 0 saturated heterocycles. The van der Waals surface area contributed by atoms with E-state index in [0.29, 0.717) is 16.0 Å². The van der Waals surface area contributed by atoms with E-state index in [0.717, 1.165) is 25.2 Å². The van der Waals surface area contributed by atoms with Crippen LogP contribution in [-0.2, 0) is 0 Å². The van der Waals surface area contributed by atoms with E-state index in [2.05, 4.69) is 14.9 Å². The fourth-order valence-corrected chi connectivity index (χ4v) is 2.58. The highest BCUT2D eigenvalue weighted by atomic mass is 127. The van der Waals surface area contributed by atoms with Gasteiger partial charge in [0.25, 0.3) is 5.56 Å². The lowest BCUT2D eigenvalue weighted by Gasteiger charge is -2.38. The first-order chi connectivity index (χ1) is 8.24. The van der Waals surface area contributed by atoms with Crippen molar-refractivity contribution in [1.29, 1.82) is 0 Å². The molecule has 1 aliphatic carbocycles. The molecule has 0 aliphatic heterocycles. The number of rotatable bonds is 5. The van der Waals surface area contributed by atoms with Gasteiger partial charge >= 0.3 is 0 Å². The summed E-state index contributed by atoms with van der Waals surface area (Å²) >= 11 is 2.04. The number of H-pyrrole nitrogens is 1. The fraction of sp³-hybridized carbons (Fsp3) is 0.636. The number of aromatic amines is 1. The molecule has 1 aliphatic rings. The number of hydrogen-bond acceptors (Lipinski definition) is 4. The summed E-state index contributed by atoms with van der Waals surface area (Å²) in [5.74, 6) is 0.757. The van der Waals surface area contributed by atoms with Crippen LogP contribution in [0.2, 0.25) is 0 Å². The number of aromatic nitrogens is 2. The van der Waals surface area contributed by atoms with Crippen molar-refractivity contribution in [2.75, 3.05) is 18.1 Å². The van der Waals surface area contributed by atoms with E-state index in [9.17, 15) is 4.79 Å². The summed E-state index contributed by atoms with van der Waals surface area (Å²) in [5, 5.41) is 8.94. The van der Waals surface area contributed by atoms with E-state index in [1.165, 1.54) is 12.7 Å². The largest absolute Gasteiger partial charge is 0.396 e. The maximum atomic E-state index is 11.6. The summed E-state index contributed by atoms with van der Waals surface area (Å²) in [7, 11) is 0. The normalized spacial score (nSPS) is 15.6. The maximum Gasteiger partial charge on any atom is 0.266 e. The van der Waals surface area contributed by atoms with E-state index in [1.54, 1.807) is 0 Å².